The van der Waals surface area contributed by atoms with Crippen LogP contribution in [0.15, 0.2) is 54.7 Å². The van der Waals surface area contributed by atoms with Gasteiger partial charge in [-0.15, -0.1) is 0 Å². The maximum Gasteiger partial charge on any atom is 0.273 e. The average molecular weight is 399 g/mol. The molecule has 2 N–H and O–H groups in total. The van der Waals surface area contributed by atoms with Crippen molar-refractivity contribution in [3.63, 3.8) is 0 Å². The van der Waals surface area contributed by atoms with Crippen LogP contribution in [0.5, 0.6) is 5.75 Å². The molecule has 0 radical (unpaired) electrons. The molecule has 7 nitrogen and oxygen atoms in total. The normalized spacial score (nSPS) is 10.4. The number of rotatable bonds is 5. The first kappa shape index (κ1) is 19.4. The Bertz CT molecular complexity index is 1020. The van der Waals surface area contributed by atoms with E-state index in [-0.39, 0.29) is 12.2 Å². The van der Waals surface area contributed by atoms with E-state index in [9.17, 15) is 9.59 Å². The lowest BCUT2D eigenvalue weighted by Crippen LogP contribution is -2.41. The molecule has 0 fully saturated rings. The number of ether oxygens (including phenoxy) is 1. The molecule has 0 aliphatic carbocycles. The van der Waals surface area contributed by atoms with Gasteiger partial charge in [-0.1, -0.05) is 41.9 Å². The molecule has 3 aromatic rings. The molecule has 2 aromatic carbocycles. The molecule has 0 spiro atoms. The molecule has 1 aromatic heterocycles. The fourth-order valence-corrected chi connectivity index (χ4v) is 2.71. The van der Waals surface area contributed by atoms with E-state index in [1.165, 1.54) is 6.20 Å². The first-order valence-electron chi connectivity index (χ1n) is 8.52. The van der Waals surface area contributed by atoms with Gasteiger partial charge in [0.2, 0.25) is 0 Å². The van der Waals surface area contributed by atoms with Gasteiger partial charge in [0, 0.05) is 23.3 Å². The minimum Gasteiger partial charge on any atom is -0.488 e. The zero-order chi connectivity index (χ0) is 20.1. The summed E-state index contributed by atoms with van der Waals surface area (Å²) in [4.78, 5) is 24.7. The van der Waals surface area contributed by atoms with Crippen LogP contribution >= 0.6 is 11.6 Å². The predicted octanol–water partition coefficient (Wildman–Crippen LogP) is 3.04. The highest BCUT2D eigenvalue weighted by atomic mass is 35.5. The number of amides is 2. The van der Waals surface area contributed by atoms with Crippen molar-refractivity contribution >= 4 is 23.4 Å². The second-order valence-corrected chi connectivity index (χ2v) is 6.46. The highest BCUT2D eigenvalue weighted by Gasteiger charge is 2.16. The van der Waals surface area contributed by atoms with E-state index in [2.05, 4.69) is 16.0 Å². The smallest absolute Gasteiger partial charge is 0.273 e. The van der Waals surface area contributed by atoms with Crippen LogP contribution in [-0.4, -0.2) is 21.6 Å². The molecule has 0 saturated heterocycles. The average Bonchev–Trinajstić information content (AvgIpc) is 3.04. The van der Waals surface area contributed by atoms with E-state index in [4.69, 9.17) is 16.3 Å². The Morgan fingerprint density at radius 3 is 2.36 bits per heavy atom. The molecule has 0 aliphatic rings. The van der Waals surface area contributed by atoms with Crippen molar-refractivity contribution in [2.45, 2.75) is 13.5 Å². The Hall–Kier alpha value is -3.32. The topological polar surface area (TPSA) is 85.2 Å². The van der Waals surface area contributed by atoms with Crippen molar-refractivity contribution in [1.82, 2.24) is 20.6 Å². The predicted molar refractivity (Wildman–Crippen MR) is 105 cm³/mol. The molecule has 0 bridgehead atoms. The first-order valence-corrected chi connectivity index (χ1v) is 8.89. The third-order valence-electron chi connectivity index (χ3n) is 4.24. The van der Waals surface area contributed by atoms with Gasteiger partial charge in [-0.2, -0.15) is 5.10 Å². The number of hydrazine groups is 1. The number of halogens is 1. The fourth-order valence-electron chi connectivity index (χ4n) is 2.52. The van der Waals surface area contributed by atoms with E-state index in [0.29, 0.717) is 22.0 Å². The maximum absolute atomic E-state index is 12.5. The summed E-state index contributed by atoms with van der Waals surface area (Å²) >= 11 is 6.14. The number of para-hydroxylation sites is 1. The monoisotopic (exact) mass is 398 g/mol. The summed E-state index contributed by atoms with van der Waals surface area (Å²) in [6, 6.07) is 14.1. The largest absolute Gasteiger partial charge is 0.488 e. The van der Waals surface area contributed by atoms with Gasteiger partial charge in [0.25, 0.3) is 11.8 Å². The number of aryl methyl sites for hydroxylation is 1. The summed E-state index contributed by atoms with van der Waals surface area (Å²) in [5, 5.41) is 4.60. The van der Waals surface area contributed by atoms with Crippen LogP contribution in [0.1, 0.15) is 32.0 Å². The Kier molecular flexibility index (Phi) is 5.96. The third-order valence-corrected chi connectivity index (χ3v) is 4.61. The number of carbonyl (C=O) groups excluding carboxylic acids is 2. The van der Waals surface area contributed by atoms with E-state index in [1.807, 2.05) is 18.2 Å². The molecular formula is C20H19ClN4O3. The molecule has 28 heavy (non-hydrogen) atoms. The number of hydrogen-bond acceptors (Lipinski definition) is 4. The summed E-state index contributed by atoms with van der Waals surface area (Å²) in [5.41, 5.74) is 6.96. The standard InChI is InChI=1S/C20H19ClN4O3/c1-13-16(11-22-25(13)2)20(27)24-23-19(26)15-8-4-6-10-18(15)28-12-14-7-3-5-9-17(14)21/h3-11H,12H2,1-2H3,(H,23,26)(H,24,27). The van der Waals surface area contributed by atoms with Crippen molar-refractivity contribution in [3.8, 4) is 5.75 Å². The van der Waals surface area contributed by atoms with E-state index < -0.39 is 11.8 Å². The molecule has 0 aliphatic heterocycles. The minimum atomic E-state index is -0.496. The van der Waals surface area contributed by atoms with Gasteiger partial charge in [-0.3, -0.25) is 25.1 Å². The molecule has 144 valence electrons. The summed E-state index contributed by atoms with van der Waals surface area (Å²) in [6.45, 7) is 1.98. The van der Waals surface area contributed by atoms with Crippen molar-refractivity contribution in [3.05, 3.63) is 82.1 Å². The second kappa shape index (κ2) is 8.58. The Morgan fingerprint density at radius 1 is 1.04 bits per heavy atom. The second-order valence-electron chi connectivity index (χ2n) is 6.05. The highest BCUT2D eigenvalue weighted by Crippen LogP contribution is 2.22. The lowest BCUT2D eigenvalue weighted by Gasteiger charge is -2.13. The number of aromatic nitrogens is 2. The van der Waals surface area contributed by atoms with Gasteiger partial charge in [0.05, 0.1) is 17.3 Å². The maximum atomic E-state index is 12.5. The number of nitrogens with one attached hydrogen (secondary N) is 2. The molecule has 1 heterocycles. The molecular weight excluding hydrogens is 380 g/mol. The first-order chi connectivity index (χ1) is 13.5. The fraction of sp³-hybridized carbons (Fsp3) is 0.150. The van der Waals surface area contributed by atoms with Crippen molar-refractivity contribution in [1.29, 1.82) is 0 Å². The quantitative estimate of drug-likeness (QED) is 0.647. The number of benzene rings is 2. The summed E-state index contributed by atoms with van der Waals surface area (Å²) in [5.74, 6) is -0.565. The van der Waals surface area contributed by atoms with Gasteiger partial charge in [-0.25, -0.2) is 0 Å². The molecule has 2 amide bonds. The van der Waals surface area contributed by atoms with Crippen LogP contribution in [0.2, 0.25) is 5.02 Å². The summed E-state index contributed by atoms with van der Waals surface area (Å²) < 4.78 is 7.35. The van der Waals surface area contributed by atoms with Crippen molar-refractivity contribution in [2.75, 3.05) is 0 Å². The number of carbonyl (C=O) groups is 2. The summed E-state index contributed by atoms with van der Waals surface area (Å²) in [6.07, 6.45) is 1.44. The number of hydrogen-bond donors (Lipinski definition) is 2. The van der Waals surface area contributed by atoms with Crippen LogP contribution in [0.3, 0.4) is 0 Å². The minimum absolute atomic E-state index is 0.213. The lowest BCUT2D eigenvalue weighted by atomic mass is 10.2. The summed E-state index contributed by atoms with van der Waals surface area (Å²) in [7, 11) is 1.73. The van der Waals surface area contributed by atoms with Gasteiger partial charge >= 0.3 is 0 Å². The van der Waals surface area contributed by atoms with Crippen molar-refractivity contribution < 1.29 is 14.3 Å². The highest BCUT2D eigenvalue weighted by molar-refractivity contribution is 6.31. The van der Waals surface area contributed by atoms with Gasteiger partial charge < -0.3 is 4.74 Å². The van der Waals surface area contributed by atoms with Gasteiger partial charge in [0.15, 0.2) is 0 Å². The Balaban J connectivity index is 1.66. The molecule has 0 atom stereocenters. The van der Waals surface area contributed by atoms with Crippen LogP contribution < -0.4 is 15.6 Å². The molecule has 3 rings (SSSR count). The zero-order valence-corrected chi connectivity index (χ0v) is 16.2. The van der Waals surface area contributed by atoms with Gasteiger partial charge in [0.1, 0.15) is 12.4 Å². The van der Waals surface area contributed by atoms with Crippen molar-refractivity contribution in [2.24, 2.45) is 7.05 Å². The molecule has 0 unspecified atom stereocenters. The van der Waals surface area contributed by atoms with E-state index in [0.717, 1.165) is 5.56 Å². The van der Waals surface area contributed by atoms with E-state index >= 15 is 0 Å². The number of nitrogens with zero attached hydrogens (tertiary/aromatic N) is 2. The SMILES string of the molecule is Cc1c(C(=O)NNC(=O)c2ccccc2OCc2ccccc2Cl)cnn1C. The van der Waals surface area contributed by atoms with Crippen LogP contribution in [0, 0.1) is 6.92 Å². The Morgan fingerprint density at radius 2 is 1.68 bits per heavy atom. The van der Waals surface area contributed by atoms with Gasteiger partial charge in [-0.05, 0) is 25.1 Å². The zero-order valence-electron chi connectivity index (χ0n) is 15.4. The molecule has 8 heteroatoms. The third kappa shape index (κ3) is 4.32. The van der Waals surface area contributed by atoms with Crippen LogP contribution in [0.25, 0.3) is 0 Å². The lowest BCUT2D eigenvalue weighted by molar-refractivity contribution is 0.0843. The Labute approximate surface area is 167 Å². The van der Waals surface area contributed by atoms with E-state index in [1.54, 1.807) is 49.0 Å². The van der Waals surface area contributed by atoms with Crippen LogP contribution in [-0.2, 0) is 13.7 Å². The van der Waals surface area contributed by atoms with Crippen LogP contribution in [0.4, 0.5) is 0 Å². The molecule has 0 saturated carbocycles.